The zero-order valence-electron chi connectivity index (χ0n) is 13.1. The van der Waals surface area contributed by atoms with Crippen LogP contribution in [-0.4, -0.2) is 32.4 Å². The fourth-order valence-electron chi connectivity index (χ4n) is 2.40. The molecule has 1 unspecified atom stereocenters. The van der Waals surface area contributed by atoms with Gasteiger partial charge in [-0.2, -0.15) is 5.26 Å². The van der Waals surface area contributed by atoms with E-state index in [1.54, 1.807) is 0 Å². The maximum Gasteiger partial charge on any atom is 0.272 e. The lowest BCUT2D eigenvalue weighted by atomic mass is 9.85. The molecule has 0 aromatic carbocycles. The van der Waals surface area contributed by atoms with Gasteiger partial charge in [-0.05, 0) is 11.8 Å². The Hall–Kier alpha value is -2.17. The second-order valence-electron chi connectivity index (χ2n) is 6.36. The van der Waals surface area contributed by atoms with E-state index in [0.717, 1.165) is 0 Å². The van der Waals surface area contributed by atoms with Crippen LogP contribution in [0.25, 0.3) is 5.65 Å². The summed E-state index contributed by atoms with van der Waals surface area (Å²) in [5.74, 6) is 0. The van der Waals surface area contributed by atoms with Crippen LogP contribution in [0, 0.1) is 16.7 Å². The van der Waals surface area contributed by atoms with Gasteiger partial charge in [-0.1, -0.05) is 20.8 Å². The summed E-state index contributed by atoms with van der Waals surface area (Å²) in [5, 5.41) is 24.3. The molecule has 0 fully saturated rings. The van der Waals surface area contributed by atoms with Gasteiger partial charge in [0.15, 0.2) is 5.65 Å². The second-order valence-corrected chi connectivity index (χ2v) is 6.36. The van der Waals surface area contributed by atoms with Gasteiger partial charge in [-0.25, -0.2) is 9.50 Å². The molecule has 2 aromatic heterocycles. The largest absolute Gasteiger partial charge is 0.396 e. The average Bonchev–Trinajstić information content (AvgIpc) is 2.85. The molecule has 0 saturated carbocycles. The van der Waals surface area contributed by atoms with Gasteiger partial charge in [-0.3, -0.25) is 9.89 Å². The first kappa shape index (κ1) is 16.2. The summed E-state index contributed by atoms with van der Waals surface area (Å²) < 4.78 is 1.25. The van der Waals surface area contributed by atoms with Crippen LogP contribution in [0.2, 0.25) is 0 Å². The topological polar surface area (TPSA) is 106 Å². The lowest BCUT2D eigenvalue weighted by Gasteiger charge is -2.31. The highest BCUT2D eigenvalue weighted by Gasteiger charge is 2.23. The normalized spacial score (nSPS) is 13.2. The molecule has 0 aliphatic rings. The Bertz CT molecular complexity index is 748. The van der Waals surface area contributed by atoms with Crippen molar-refractivity contribution >= 4 is 5.65 Å². The molecular formula is C15H21N5O2. The van der Waals surface area contributed by atoms with Gasteiger partial charge in [0.25, 0.3) is 5.56 Å². The molecule has 2 rings (SSSR count). The zero-order chi connectivity index (χ0) is 16.3. The summed E-state index contributed by atoms with van der Waals surface area (Å²) in [6, 6.07) is 3.54. The van der Waals surface area contributed by atoms with E-state index in [0.29, 0.717) is 29.9 Å². The Balaban J connectivity index is 2.25. The number of nitrogens with zero attached hydrogens (tertiary/aromatic N) is 3. The van der Waals surface area contributed by atoms with Crippen LogP contribution in [0.5, 0.6) is 0 Å². The van der Waals surface area contributed by atoms with E-state index in [2.05, 4.69) is 36.2 Å². The first-order valence-electron chi connectivity index (χ1n) is 7.21. The van der Waals surface area contributed by atoms with Crippen LogP contribution in [0.1, 0.15) is 38.4 Å². The fraction of sp³-hybridized carbons (Fsp3) is 0.533. The minimum Gasteiger partial charge on any atom is -0.396 e. The number of H-pyrrole nitrogens is 1. The van der Waals surface area contributed by atoms with Crippen molar-refractivity contribution in [1.82, 2.24) is 19.9 Å². The minimum absolute atomic E-state index is 0.0201. The number of aliphatic hydroxyl groups excluding tert-OH is 1. The summed E-state index contributed by atoms with van der Waals surface area (Å²) in [7, 11) is 0. The highest BCUT2D eigenvalue weighted by atomic mass is 16.3. The molecular weight excluding hydrogens is 282 g/mol. The van der Waals surface area contributed by atoms with Crippen molar-refractivity contribution in [2.75, 3.05) is 6.61 Å². The van der Waals surface area contributed by atoms with E-state index in [1.165, 1.54) is 16.8 Å². The fourth-order valence-corrected chi connectivity index (χ4v) is 2.40. The van der Waals surface area contributed by atoms with Gasteiger partial charge in [0.2, 0.25) is 0 Å². The summed E-state index contributed by atoms with van der Waals surface area (Å²) in [4.78, 5) is 16.4. The number of aromatic amines is 1. The molecule has 0 spiro atoms. The Morgan fingerprint density at radius 2 is 2.27 bits per heavy atom. The van der Waals surface area contributed by atoms with Gasteiger partial charge < -0.3 is 10.4 Å². The predicted molar refractivity (Wildman–Crippen MR) is 82.3 cm³/mol. The van der Waals surface area contributed by atoms with Crippen molar-refractivity contribution in [3.8, 4) is 6.07 Å². The van der Waals surface area contributed by atoms with Crippen LogP contribution < -0.4 is 10.9 Å². The SMILES string of the molecule is CC(C)(C)C(CCO)NCc1cc(=O)n2[nH]cc(C#N)c2n1. The van der Waals surface area contributed by atoms with Crippen molar-refractivity contribution in [2.24, 2.45) is 5.41 Å². The van der Waals surface area contributed by atoms with Crippen molar-refractivity contribution in [2.45, 2.75) is 39.8 Å². The van der Waals surface area contributed by atoms with Crippen molar-refractivity contribution in [3.63, 3.8) is 0 Å². The van der Waals surface area contributed by atoms with Crippen molar-refractivity contribution < 1.29 is 5.11 Å². The van der Waals surface area contributed by atoms with E-state index in [9.17, 15) is 9.90 Å². The molecule has 0 saturated heterocycles. The molecule has 0 bridgehead atoms. The standard InChI is InChI=1S/C15H21N5O2/c1-15(2,3)12(4-5-21)17-9-11-6-13(22)20-14(19-11)10(7-16)8-18-20/h6,8,12,17-18,21H,4-5,9H2,1-3H3. The summed E-state index contributed by atoms with van der Waals surface area (Å²) in [6.45, 7) is 6.77. The van der Waals surface area contributed by atoms with Crippen LogP contribution in [0.3, 0.4) is 0 Å². The maximum atomic E-state index is 12.0. The van der Waals surface area contributed by atoms with Crippen LogP contribution in [0.4, 0.5) is 0 Å². The molecule has 0 aliphatic carbocycles. The molecule has 0 aliphatic heterocycles. The summed E-state index contributed by atoms with van der Waals surface area (Å²) in [6.07, 6.45) is 2.09. The smallest absolute Gasteiger partial charge is 0.272 e. The Morgan fingerprint density at radius 3 is 2.86 bits per heavy atom. The number of hydrogen-bond acceptors (Lipinski definition) is 5. The molecule has 0 radical (unpaired) electrons. The molecule has 3 N–H and O–H groups in total. The number of nitrogens with one attached hydrogen (secondary N) is 2. The van der Waals surface area contributed by atoms with Crippen molar-refractivity contribution in [3.05, 3.63) is 33.9 Å². The van der Waals surface area contributed by atoms with Crippen LogP contribution >= 0.6 is 0 Å². The Kier molecular flexibility index (Phi) is 4.64. The van der Waals surface area contributed by atoms with Gasteiger partial charge >= 0.3 is 0 Å². The van der Waals surface area contributed by atoms with Gasteiger partial charge in [0.05, 0.1) is 5.69 Å². The first-order chi connectivity index (χ1) is 10.4. The summed E-state index contributed by atoms with van der Waals surface area (Å²) >= 11 is 0. The average molecular weight is 303 g/mol. The number of fused-ring (bicyclic) bond motifs is 1. The van der Waals surface area contributed by atoms with Gasteiger partial charge in [0, 0.05) is 31.5 Å². The lowest BCUT2D eigenvalue weighted by molar-refractivity contribution is 0.196. The molecule has 118 valence electrons. The number of rotatable bonds is 5. The highest BCUT2D eigenvalue weighted by Crippen LogP contribution is 2.21. The van der Waals surface area contributed by atoms with E-state index in [1.807, 2.05) is 6.07 Å². The number of hydrogen-bond donors (Lipinski definition) is 3. The zero-order valence-corrected chi connectivity index (χ0v) is 13.1. The molecule has 1 atom stereocenters. The number of aromatic nitrogens is 3. The number of aliphatic hydroxyl groups is 1. The van der Waals surface area contributed by atoms with E-state index >= 15 is 0 Å². The third-order valence-corrected chi connectivity index (χ3v) is 3.66. The Morgan fingerprint density at radius 1 is 1.55 bits per heavy atom. The third kappa shape index (κ3) is 3.35. The quantitative estimate of drug-likeness (QED) is 0.757. The first-order valence-corrected chi connectivity index (χ1v) is 7.21. The lowest BCUT2D eigenvalue weighted by Crippen LogP contribution is -2.41. The van der Waals surface area contributed by atoms with Crippen molar-refractivity contribution in [1.29, 1.82) is 5.26 Å². The Labute approximate surface area is 128 Å². The molecule has 0 amide bonds. The van der Waals surface area contributed by atoms with Crippen LogP contribution in [-0.2, 0) is 6.54 Å². The minimum atomic E-state index is -0.252. The van der Waals surface area contributed by atoms with E-state index in [-0.39, 0.29) is 23.6 Å². The highest BCUT2D eigenvalue weighted by molar-refractivity contribution is 5.53. The molecule has 2 heterocycles. The molecule has 22 heavy (non-hydrogen) atoms. The van der Waals surface area contributed by atoms with Gasteiger partial charge in [0.1, 0.15) is 11.6 Å². The summed E-state index contributed by atoms with van der Waals surface area (Å²) in [5.41, 5.74) is 0.974. The second kappa shape index (κ2) is 6.30. The van der Waals surface area contributed by atoms with Gasteiger partial charge in [-0.15, -0.1) is 0 Å². The third-order valence-electron chi connectivity index (χ3n) is 3.66. The molecule has 7 nitrogen and oxygen atoms in total. The maximum absolute atomic E-state index is 12.0. The predicted octanol–water partition coefficient (Wildman–Crippen LogP) is 0.781. The molecule has 7 heteroatoms. The molecule has 2 aromatic rings. The number of nitriles is 1. The monoisotopic (exact) mass is 303 g/mol. The van der Waals surface area contributed by atoms with E-state index in [4.69, 9.17) is 5.26 Å². The van der Waals surface area contributed by atoms with Crippen LogP contribution in [0.15, 0.2) is 17.1 Å². The van der Waals surface area contributed by atoms with E-state index < -0.39 is 0 Å².